The summed E-state index contributed by atoms with van der Waals surface area (Å²) in [6.45, 7) is 1.83. The minimum Gasteiger partial charge on any atom is -0.397 e. The maximum absolute atomic E-state index is 5.79. The Labute approximate surface area is 105 Å². The Morgan fingerprint density at radius 2 is 1.67 bits per heavy atom. The molecule has 1 aromatic carbocycles. The minimum absolute atomic E-state index is 0.686. The standard InChI is InChI=1S/C9H10Br2N4/c10-6-3-5(4-7(11)8(6)12)15-9-13-1-2-14-9/h3-4H,1-2,12H2,(H2,13,14,15). The van der Waals surface area contributed by atoms with Crippen molar-refractivity contribution in [1.29, 1.82) is 0 Å². The topological polar surface area (TPSA) is 62.4 Å². The van der Waals surface area contributed by atoms with Gasteiger partial charge in [-0.1, -0.05) is 0 Å². The molecule has 1 saturated heterocycles. The van der Waals surface area contributed by atoms with E-state index in [-0.39, 0.29) is 0 Å². The van der Waals surface area contributed by atoms with Crippen LogP contribution in [0.2, 0.25) is 0 Å². The van der Waals surface area contributed by atoms with E-state index in [4.69, 9.17) is 5.73 Å². The number of nitrogens with two attached hydrogens (primary N) is 1. The van der Waals surface area contributed by atoms with Gasteiger partial charge in [-0.15, -0.1) is 0 Å². The van der Waals surface area contributed by atoms with Crippen LogP contribution >= 0.6 is 31.9 Å². The number of halogens is 2. The number of guanidine groups is 1. The maximum atomic E-state index is 5.79. The summed E-state index contributed by atoms with van der Waals surface area (Å²) < 4.78 is 1.68. The van der Waals surface area contributed by atoms with E-state index in [0.717, 1.165) is 33.7 Å². The van der Waals surface area contributed by atoms with Gasteiger partial charge in [-0.2, -0.15) is 0 Å². The quantitative estimate of drug-likeness (QED) is 0.689. The van der Waals surface area contributed by atoms with Gasteiger partial charge in [0, 0.05) is 22.0 Å². The van der Waals surface area contributed by atoms with Crippen molar-refractivity contribution in [3.05, 3.63) is 21.1 Å². The zero-order valence-electron chi connectivity index (χ0n) is 7.85. The second-order valence-electron chi connectivity index (χ2n) is 3.14. The number of nitrogens with zero attached hydrogens (tertiary/aromatic N) is 1. The molecular formula is C9H10Br2N4. The third-order valence-electron chi connectivity index (χ3n) is 2.01. The summed E-state index contributed by atoms with van der Waals surface area (Å²) in [6.07, 6.45) is 0. The smallest absolute Gasteiger partial charge is 0.196 e. The van der Waals surface area contributed by atoms with Crippen LogP contribution in [0.3, 0.4) is 0 Å². The molecule has 15 heavy (non-hydrogen) atoms. The van der Waals surface area contributed by atoms with E-state index in [1.807, 2.05) is 12.1 Å². The third-order valence-corrected chi connectivity index (χ3v) is 3.33. The molecule has 0 amide bonds. The van der Waals surface area contributed by atoms with Crippen LogP contribution in [-0.2, 0) is 0 Å². The van der Waals surface area contributed by atoms with Crippen LogP contribution in [0, 0.1) is 0 Å². The van der Waals surface area contributed by atoms with Gasteiger partial charge in [0.05, 0.1) is 11.4 Å². The van der Waals surface area contributed by atoms with Crippen molar-refractivity contribution in [2.24, 2.45) is 4.99 Å². The number of hydrogen-bond donors (Lipinski definition) is 3. The highest BCUT2D eigenvalue weighted by Gasteiger charge is 2.07. The van der Waals surface area contributed by atoms with Crippen molar-refractivity contribution in [1.82, 2.24) is 10.6 Å². The van der Waals surface area contributed by atoms with Crippen LogP contribution < -0.4 is 16.4 Å². The first-order valence-electron chi connectivity index (χ1n) is 4.48. The van der Waals surface area contributed by atoms with Crippen molar-refractivity contribution >= 4 is 49.2 Å². The zero-order valence-corrected chi connectivity index (χ0v) is 11.0. The van der Waals surface area contributed by atoms with Crippen LogP contribution in [0.25, 0.3) is 0 Å². The van der Waals surface area contributed by atoms with Gasteiger partial charge < -0.3 is 16.4 Å². The first-order chi connectivity index (χ1) is 7.16. The van der Waals surface area contributed by atoms with Crippen LogP contribution in [0.15, 0.2) is 26.1 Å². The Balaban J connectivity index is 2.33. The fourth-order valence-corrected chi connectivity index (χ4v) is 2.43. The summed E-state index contributed by atoms with van der Waals surface area (Å²) in [7, 11) is 0. The van der Waals surface area contributed by atoms with Gasteiger partial charge in [0.15, 0.2) is 5.96 Å². The predicted molar refractivity (Wildman–Crippen MR) is 69.4 cm³/mol. The van der Waals surface area contributed by atoms with Gasteiger partial charge in [0.2, 0.25) is 0 Å². The molecule has 80 valence electrons. The average Bonchev–Trinajstić information content (AvgIpc) is 2.66. The highest BCUT2D eigenvalue weighted by Crippen LogP contribution is 2.32. The van der Waals surface area contributed by atoms with E-state index in [9.17, 15) is 0 Å². The fraction of sp³-hybridized carbons (Fsp3) is 0.222. The molecule has 0 atom stereocenters. The Hall–Kier alpha value is -0.750. The van der Waals surface area contributed by atoms with Crippen molar-refractivity contribution in [3.63, 3.8) is 0 Å². The van der Waals surface area contributed by atoms with Crippen LogP contribution in [0.4, 0.5) is 11.4 Å². The number of rotatable bonds is 1. The summed E-state index contributed by atoms with van der Waals surface area (Å²) in [5.41, 5.74) is 7.32. The van der Waals surface area contributed by atoms with Crippen LogP contribution in [0.1, 0.15) is 0 Å². The summed E-state index contributed by atoms with van der Waals surface area (Å²) in [5.74, 6) is 0.804. The Bertz CT molecular complexity index is 386. The lowest BCUT2D eigenvalue weighted by Crippen LogP contribution is -2.23. The Kier molecular flexibility index (Phi) is 3.16. The van der Waals surface area contributed by atoms with Gasteiger partial charge in [-0.25, -0.2) is 4.99 Å². The first kappa shape index (κ1) is 10.8. The molecule has 1 aromatic rings. The average molecular weight is 334 g/mol. The number of anilines is 1. The van der Waals surface area contributed by atoms with E-state index in [0.29, 0.717) is 5.69 Å². The SMILES string of the molecule is Nc1c(Br)cc(N=C2NCCN2)cc1Br. The molecule has 0 spiro atoms. The van der Waals surface area contributed by atoms with Crippen molar-refractivity contribution in [3.8, 4) is 0 Å². The molecule has 0 unspecified atom stereocenters. The summed E-state index contributed by atoms with van der Waals surface area (Å²) in [6, 6.07) is 3.77. The summed E-state index contributed by atoms with van der Waals surface area (Å²) >= 11 is 6.76. The lowest BCUT2D eigenvalue weighted by Gasteiger charge is -2.04. The van der Waals surface area contributed by atoms with E-state index in [1.165, 1.54) is 0 Å². The highest BCUT2D eigenvalue weighted by molar-refractivity contribution is 9.11. The minimum atomic E-state index is 0.686. The number of nitrogens with one attached hydrogen (secondary N) is 2. The molecule has 1 heterocycles. The highest BCUT2D eigenvalue weighted by atomic mass is 79.9. The summed E-state index contributed by atoms with van der Waals surface area (Å²) in [4.78, 5) is 4.40. The molecule has 6 heteroatoms. The van der Waals surface area contributed by atoms with Crippen molar-refractivity contribution < 1.29 is 0 Å². The normalized spacial score (nSPS) is 14.7. The third kappa shape index (κ3) is 2.43. The molecule has 0 saturated carbocycles. The molecule has 1 fully saturated rings. The van der Waals surface area contributed by atoms with E-state index >= 15 is 0 Å². The zero-order chi connectivity index (χ0) is 10.8. The van der Waals surface area contributed by atoms with Crippen molar-refractivity contribution in [2.75, 3.05) is 18.8 Å². The van der Waals surface area contributed by atoms with E-state index in [1.54, 1.807) is 0 Å². The largest absolute Gasteiger partial charge is 0.397 e. The van der Waals surface area contributed by atoms with Gasteiger partial charge in [0.1, 0.15) is 0 Å². The Morgan fingerprint density at radius 1 is 1.13 bits per heavy atom. The van der Waals surface area contributed by atoms with Crippen LogP contribution in [-0.4, -0.2) is 19.0 Å². The van der Waals surface area contributed by atoms with Crippen LogP contribution in [0.5, 0.6) is 0 Å². The molecule has 4 nitrogen and oxygen atoms in total. The van der Waals surface area contributed by atoms with Gasteiger partial charge in [-0.3, -0.25) is 0 Å². The van der Waals surface area contributed by atoms with Gasteiger partial charge in [-0.05, 0) is 44.0 Å². The molecule has 2 rings (SSSR count). The second-order valence-corrected chi connectivity index (χ2v) is 4.85. The predicted octanol–water partition coefficient (Wildman–Crippen LogP) is 1.97. The maximum Gasteiger partial charge on any atom is 0.196 e. The fourth-order valence-electron chi connectivity index (χ4n) is 1.27. The molecule has 0 radical (unpaired) electrons. The lowest BCUT2D eigenvalue weighted by atomic mass is 10.3. The Morgan fingerprint density at radius 3 is 2.20 bits per heavy atom. The van der Waals surface area contributed by atoms with E-state index in [2.05, 4.69) is 47.5 Å². The molecule has 0 aliphatic carbocycles. The first-order valence-corrected chi connectivity index (χ1v) is 6.06. The molecule has 1 aliphatic rings. The lowest BCUT2D eigenvalue weighted by molar-refractivity contribution is 0.942. The number of aliphatic imine (C=N–C) groups is 1. The molecular weight excluding hydrogens is 324 g/mol. The number of benzene rings is 1. The summed E-state index contributed by atoms with van der Waals surface area (Å²) in [5, 5.41) is 6.27. The van der Waals surface area contributed by atoms with Gasteiger partial charge >= 0.3 is 0 Å². The number of nitrogen functional groups attached to an aromatic ring is 1. The second kappa shape index (κ2) is 4.40. The number of hydrogen-bond acceptors (Lipinski definition) is 2. The van der Waals surface area contributed by atoms with E-state index < -0.39 is 0 Å². The molecule has 4 N–H and O–H groups in total. The molecule has 1 aliphatic heterocycles. The van der Waals surface area contributed by atoms with Gasteiger partial charge in [0.25, 0.3) is 0 Å². The molecule has 0 bridgehead atoms. The monoisotopic (exact) mass is 332 g/mol. The van der Waals surface area contributed by atoms with Crippen molar-refractivity contribution in [2.45, 2.75) is 0 Å². The molecule has 0 aromatic heterocycles.